The Morgan fingerprint density at radius 2 is 1.31 bits per heavy atom. The molecule has 5 aromatic rings. The molecule has 1 aliphatic carbocycles. The fourth-order valence-electron chi connectivity index (χ4n) is 7.51. The standard InChI is InChI=1S/C40H35NO4/c1-7-39(8-2)35-23-27(41-3)13-19-32(35)36-31-20-18-30(44-6)24-34(31)38-33(37(36)39)21-22-40(45-38,25-9-14-28(42-4)15-10-25)26-11-16-29(43-5)17-12-26/h9-24H,7-8H2,1-2,4-6H3. The van der Waals surface area contributed by atoms with Gasteiger partial charge in [0.2, 0.25) is 0 Å². The van der Waals surface area contributed by atoms with E-state index in [1.807, 2.05) is 36.4 Å². The third-order valence-corrected chi connectivity index (χ3v) is 9.89. The van der Waals surface area contributed by atoms with Crippen molar-refractivity contribution >= 4 is 22.5 Å². The van der Waals surface area contributed by atoms with Crippen LogP contribution in [0.5, 0.6) is 23.0 Å². The Morgan fingerprint density at radius 3 is 1.87 bits per heavy atom. The lowest BCUT2D eigenvalue weighted by molar-refractivity contribution is 0.163. The number of methoxy groups -OCH3 is 3. The van der Waals surface area contributed by atoms with Gasteiger partial charge in [0, 0.05) is 27.5 Å². The van der Waals surface area contributed by atoms with Crippen LogP contribution in [0.2, 0.25) is 0 Å². The van der Waals surface area contributed by atoms with Gasteiger partial charge in [0.15, 0.2) is 11.3 Å². The predicted molar refractivity (Wildman–Crippen MR) is 180 cm³/mol. The Bertz CT molecular complexity index is 1960. The minimum absolute atomic E-state index is 0.266. The normalized spacial score (nSPS) is 14.9. The second-order valence-electron chi connectivity index (χ2n) is 11.7. The van der Waals surface area contributed by atoms with Crippen LogP contribution >= 0.6 is 0 Å². The second kappa shape index (κ2) is 10.7. The van der Waals surface area contributed by atoms with Crippen LogP contribution in [0.25, 0.3) is 32.8 Å². The number of hydrogen-bond donors (Lipinski definition) is 0. The summed E-state index contributed by atoms with van der Waals surface area (Å²) < 4.78 is 24.2. The van der Waals surface area contributed by atoms with Crippen molar-refractivity contribution in [1.29, 1.82) is 0 Å². The van der Waals surface area contributed by atoms with Gasteiger partial charge in [0.25, 0.3) is 0 Å². The van der Waals surface area contributed by atoms with Gasteiger partial charge in [-0.2, -0.15) is 0 Å². The largest absolute Gasteiger partial charge is 0.497 e. The highest BCUT2D eigenvalue weighted by molar-refractivity contribution is 6.09. The highest BCUT2D eigenvalue weighted by atomic mass is 16.5. The molecule has 0 saturated carbocycles. The Morgan fingerprint density at radius 1 is 0.711 bits per heavy atom. The molecule has 2 aliphatic rings. The summed E-state index contributed by atoms with van der Waals surface area (Å²) in [5.74, 6) is 3.15. The van der Waals surface area contributed by atoms with Crippen LogP contribution in [0.15, 0.2) is 91.0 Å². The van der Waals surface area contributed by atoms with Gasteiger partial charge in [0.1, 0.15) is 23.0 Å². The maximum atomic E-state index is 7.76. The molecule has 0 radical (unpaired) electrons. The molecule has 0 spiro atoms. The molecule has 0 atom stereocenters. The summed E-state index contributed by atoms with van der Waals surface area (Å²) >= 11 is 0. The average molecular weight is 594 g/mol. The third kappa shape index (κ3) is 4.05. The zero-order valence-electron chi connectivity index (χ0n) is 26.2. The van der Waals surface area contributed by atoms with Gasteiger partial charge in [-0.25, -0.2) is 4.85 Å². The van der Waals surface area contributed by atoms with E-state index in [0.717, 1.165) is 63.3 Å². The molecule has 1 heterocycles. The van der Waals surface area contributed by atoms with Gasteiger partial charge in [-0.05, 0) is 89.0 Å². The van der Waals surface area contributed by atoms with Crippen molar-refractivity contribution in [3.8, 4) is 34.1 Å². The molecule has 7 rings (SSSR count). The van der Waals surface area contributed by atoms with E-state index >= 15 is 0 Å². The number of fused-ring (bicyclic) bond motifs is 8. The predicted octanol–water partition coefficient (Wildman–Crippen LogP) is 9.85. The van der Waals surface area contributed by atoms with E-state index in [4.69, 9.17) is 25.5 Å². The lowest BCUT2D eigenvalue weighted by Crippen LogP contribution is -2.35. The van der Waals surface area contributed by atoms with Crippen LogP contribution in [0, 0.1) is 6.57 Å². The van der Waals surface area contributed by atoms with Gasteiger partial charge in [0.05, 0.1) is 27.9 Å². The van der Waals surface area contributed by atoms with E-state index in [-0.39, 0.29) is 5.41 Å². The van der Waals surface area contributed by atoms with Gasteiger partial charge >= 0.3 is 0 Å². The monoisotopic (exact) mass is 593 g/mol. The number of nitrogens with zero attached hydrogens (tertiary/aromatic N) is 1. The van der Waals surface area contributed by atoms with Crippen molar-refractivity contribution < 1.29 is 18.9 Å². The maximum absolute atomic E-state index is 7.76. The van der Waals surface area contributed by atoms with E-state index in [0.29, 0.717) is 5.69 Å². The van der Waals surface area contributed by atoms with Gasteiger partial charge in [-0.15, -0.1) is 0 Å². The summed E-state index contributed by atoms with van der Waals surface area (Å²) in [6, 6.07) is 28.6. The Labute approximate surface area is 264 Å². The maximum Gasteiger partial charge on any atom is 0.187 e. The minimum atomic E-state index is -0.917. The fraction of sp³-hybridized carbons (Fsp3) is 0.225. The van der Waals surface area contributed by atoms with Gasteiger partial charge < -0.3 is 18.9 Å². The van der Waals surface area contributed by atoms with Crippen molar-refractivity contribution in [1.82, 2.24) is 0 Å². The van der Waals surface area contributed by atoms with E-state index in [1.54, 1.807) is 21.3 Å². The lowest BCUT2D eigenvalue weighted by Gasteiger charge is -2.39. The molecule has 0 amide bonds. The highest BCUT2D eigenvalue weighted by Gasteiger charge is 2.47. The summed E-state index contributed by atoms with van der Waals surface area (Å²) in [7, 11) is 5.05. The molecular weight excluding hydrogens is 558 g/mol. The fourth-order valence-corrected chi connectivity index (χ4v) is 7.51. The lowest BCUT2D eigenvalue weighted by atomic mass is 9.71. The Balaban J connectivity index is 1.57. The Kier molecular flexibility index (Phi) is 6.82. The molecule has 45 heavy (non-hydrogen) atoms. The quantitative estimate of drug-likeness (QED) is 0.176. The first-order chi connectivity index (χ1) is 22.0. The van der Waals surface area contributed by atoms with Crippen molar-refractivity contribution in [3.05, 3.63) is 130 Å². The molecule has 0 unspecified atom stereocenters. The zero-order valence-corrected chi connectivity index (χ0v) is 26.2. The first kappa shape index (κ1) is 28.6. The number of benzene rings is 5. The summed E-state index contributed by atoms with van der Waals surface area (Å²) in [6.45, 7) is 12.3. The van der Waals surface area contributed by atoms with E-state index in [9.17, 15) is 0 Å². The number of ether oxygens (including phenoxy) is 4. The molecule has 224 valence electrons. The van der Waals surface area contributed by atoms with E-state index < -0.39 is 5.60 Å². The van der Waals surface area contributed by atoms with Crippen molar-refractivity contribution in [2.45, 2.75) is 37.7 Å². The number of hydrogen-bond acceptors (Lipinski definition) is 4. The van der Waals surface area contributed by atoms with Gasteiger partial charge in [-0.1, -0.05) is 62.4 Å². The van der Waals surface area contributed by atoms with E-state index in [1.165, 1.54) is 22.3 Å². The molecular formula is C40H35NO4. The second-order valence-corrected chi connectivity index (χ2v) is 11.7. The van der Waals surface area contributed by atoms with Gasteiger partial charge in [-0.3, -0.25) is 0 Å². The van der Waals surface area contributed by atoms with E-state index in [2.05, 4.69) is 79.4 Å². The molecule has 1 aliphatic heterocycles. The van der Waals surface area contributed by atoms with Crippen LogP contribution in [0.4, 0.5) is 5.69 Å². The topological polar surface area (TPSA) is 41.3 Å². The van der Waals surface area contributed by atoms with Crippen molar-refractivity contribution in [3.63, 3.8) is 0 Å². The van der Waals surface area contributed by atoms with Crippen molar-refractivity contribution in [2.75, 3.05) is 21.3 Å². The molecule has 0 aromatic heterocycles. The summed E-state index contributed by atoms with van der Waals surface area (Å²) in [5.41, 5.74) is 7.42. The summed E-state index contributed by atoms with van der Waals surface area (Å²) in [5, 5.41) is 2.10. The molecule has 5 heteroatoms. The minimum Gasteiger partial charge on any atom is -0.497 e. The average Bonchev–Trinajstić information content (AvgIpc) is 3.41. The molecule has 5 aromatic carbocycles. The first-order valence-electron chi connectivity index (χ1n) is 15.3. The zero-order chi connectivity index (χ0) is 31.3. The number of rotatable bonds is 7. The molecule has 0 N–H and O–H groups in total. The summed E-state index contributed by atoms with van der Waals surface area (Å²) in [4.78, 5) is 3.81. The highest BCUT2D eigenvalue weighted by Crippen LogP contribution is 2.61. The molecule has 0 saturated heterocycles. The van der Waals surface area contributed by atoms with Crippen LogP contribution in [-0.4, -0.2) is 21.3 Å². The van der Waals surface area contributed by atoms with Crippen molar-refractivity contribution in [2.24, 2.45) is 0 Å². The van der Waals surface area contributed by atoms with Crippen LogP contribution in [0.1, 0.15) is 54.5 Å². The molecule has 0 fully saturated rings. The third-order valence-electron chi connectivity index (χ3n) is 9.89. The molecule has 5 nitrogen and oxygen atoms in total. The van der Waals surface area contributed by atoms with Crippen LogP contribution in [-0.2, 0) is 11.0 Å². The Hall–Kier alpha value is -5.21. The van der Waals surface area contributed by atoms with Crippen LogP contribution < -0.4 is 18.9 Å². The SMILES string of the molecule is [C-]#[N+]c1ccc2c(c1)C(CC)(CC)c1c3c(c4cc(OC)ccc4c1-2)OC(c1ccc(OC)cc1)(c1ccc(OC)cc1)C=C3. The molecule has 0 bridgehead atoms. The first-order valence-corrected chi connectivity index (χ1v) is 15.3. The smallest absolute Gasteiger partial charge is 0.187 e. The summed E-state index contributed by atoms with van der Waals surface area (Å²) in [6.07, 6.45) is 6.24. The van der Waals surface area contributed by atoms with Crippen LogP contribution in [0.3, 0.4) is 0 Å².